The van der Waals surface area contributed by atoms with Crippen LogP contribution in [0.15, 0.2) is 23.1 Å². The van der Waals surface area contributed by atoms with Crippen molar-refractivity contribution in [3.8, 4) is 11.5 Å². The molecule has 0 amide bonds. The molecule has 1 aliphatic rings. The van der Waals surface area contributed by atoms with Crippen LogP contribution in [0.2, 0.25) is 17.3 Å². The van der Waals surface area contributed by atoms with E-state index in [-0.39, 0.29) is 0 Å². The number of benzene rings is 1. The van der Waals surface area contributed by atoms with Crippen molar-refractivity contribution in [2.24, 2.45) is 0 Å². The zero-order chi connectivity index (χ0) is 10.9. The fourth-order valence-corrected chi connectivity index (χ4v) is 2.82. The maximum atomic E-state index is 5.33. The zero-order valence-electron chi connectivity index (χ0n) is 9.41. The van der Waals surface area contributed by atoms with Crippen LogP contribution in [0.25, 0.3) is 6.08 Å². The third-order valence-corrected chi connectivity index (χ3v) is 4.62. The van der Waals surface area contributed by atoms with Gasteiger partial charge in [0.25, 0.3) is 0 Å². The van der Waals surface area contributed by atoms with E-state index < -0.39 is 13.3 Å². The number of ether oxygens (including phenoxy) is 2. The standard InChI is InChI=1S/C12H16GeO2/c1-13(2,3)7-6-10-4-5-11-12(8-10)15-9-14-11/h4-8H,9H2,1-3H3/b7-6+. The Morgan fingerprint density at radius 1 is 1.13 bits per heavy atom. The first-order valence-corrected chi connectivity index (χ1v) is 12.6. The Morgan fingerprint density at radius 2 is 1.87 bits per heavy atom. The Hall–Kier alpha value is -0.897. The van der Waals surface area contributed by atoms with E-state index in [1.807, 2.05) is 12.1 Å². The Morgan fingerprint density at radius 3 is 2.60 bits per heavy atom. The van der Waals surface area contributed by atoms with E-state index in [1.165, 1.54) is 5.56 Å². The molecule has 80 valence electrons. The van der Waals surface area contributed by atoms with Crippen molar-refractivity contribution >= 4 is 19.3 Å². The van der Waals surface area contributed by atoms with Gasteiger partial charge in [-0.2, -0.15) is 0 Å². The number of rotatable bonds is 2. The van der Waals surface area contributed by atoms with Gasteiger partial charge in [-0.15, -0.1) is 0 Å². The minimum absolute atomic E-state index is 0.347. The van der Waals surface area contributed by atoms with Gasteiger partial charge in [0.05, 0.1) is 0 Å². The van der Waals surface area contributed by atoms with Gasteiger partial charge in [0, 0.05) is 0 Å². The van der Waals surface area contributed by atoms with Gasteiger partial charge in [-0.25, -0.2) is 0 Å². The predicted molar refractivity (Wildman–Crippen MR) is 64.9 cm³/mol. The predicted octanol–water partition coefficient (Wildman–Crippen LogP) is 3.31. The van der Waals surface area contributed by atoms with E-state index in [0.717, 1.165) is 11.5 Å². The summed E-state index contributed by atoms with van der Waals surface area (Å²) in [5.41, 5.74) is 1.19. The molecule has 0 spiro atoms. The summed E-state index contributed by atoms with van der Waals surface area (Å²) in [4.78, 5) is 2.37. The van der Waals surface area contributed by atoms with Crippen LogP contribution in [-0.4, -0.2) is 20.1 Å². The van der Waals surface area contributed by atoms with Crippen LogP contribution >= 0.6 is 0 Å². The van der Waals surface area contributed by atoms with Crippen LogP contribution < -0.4 is 9.47 Å². The van der Waals surface area contributed by atoms with Crippen LogP contribution in [0.5, 0.6) is 11.5 Å². The first kappa shape index (κ1) is 10.6. The molecular weight excluding hydrogens is 249 g/mol. The fourth-order valence-electron chi connectivity index (χ4n) is 1.36. The molecule has 1 aromatic carbocycles. The molecule has 15 heavy (non-hydrogen) atoms. The molecule has 0 bridgehead atoms. The molecule has 0 aliphatic carbocycles. The summed E-state index contributed by atoms with van der Waals surface area (Å²) in [6.07, 6.45) is 2.20. The van der Waals surface area contributed by atoms with E-state index in [2.05, 4.69) is 34.3 Å². The van der Waals surface area contributed by atoms with Crippen LogP contribution in [-0.2, 0) is 0 Å². The van der Waals surface area contributed by atoms with Crippen molar-refractivity contribution < 1.29 is 9.47 Å². The van der Waals surface area contributed by atoms with E-state index in [1.54, 1.807) is 0 Å². The Balaban J connectivity index is 2.20. The van der Waals surface area contributed by atoms with Crippen LogP contribution in [0.1, 0.15) is 5.56 Å². The van der Waals surface area contributed by atoms with Gasteiger partial charge in [0.15, 0.2) is 0 Å². The number of fused-ring (bicyclic) bond motifs is 1. The molecule has 2 nitrogen and oxygen atoms in total. The fraction of sp³-hybridized carbons (Fsp3) is 0.333. The van der Waals surface area contributed by atoms with Crippen molar-refractivity contribution in [2.75, 3.05) is 6.79 Å². The normalized spacial score (nSPS) is 14.9. The van der Waals surface area contributed by atoms with Crippen LogP contribution in [0, 0.1) is 0 Å². The Labute approximate surface area is 93.3 Å². The van der Waals surface area contributed by atoms with Gasteiger partial charge < -0.3 is 0 Å². The van der Waals surface area contributed by atoms with Crippen molar-refractivity contribution in [1.82, 2.24) is 0 Å². The van der Waals surface area contributed by atoms with Crippen molar-refractivity contribution in [1.29, 1.82) is 0 Å². The van der Waals surface area contributed by atoms with E-state index >= 15 is 0 Å². The molecule has 0 atom stereocenters. The Bertz CT molecular complexity index is 391. The summed E-state index contributed by atoms with van der Waals surface area (Å²) in [6.45, 7) is 0.347. The summed E-state index contributed by atoms with van der Waals surface area (Å²) in [7, 11) is 0. The summed E-state index contributed by atoms with van der Waals surface area (Å²) in [5.74, 6) is 8.80. The second kappa shape index (κ2) is 3.93. The van der Waals surface area contributed by atoms with E-state index in [4.69, 9.17) is 9.47 Å². The maximum absolute atomic E-state index is 5.33. The number of hydrogen-bond acceptors (Lipinski definition) is 2. The molecule has 0 N–H and O–H groups in total. The Kier molecular flexibility index (Phi) is 2.78. The van der Waals surface area contributed by atoms with Gasteiger partial charge in [0.1, 0.15) is 0 Å². The summed E-state index contributed by atoms with van der Waals surface area (Å²) < 4.78 is 10.6. The molecular formula is C12H16GeO2. The van der Waals surface area contributed by atoms with Gasteiger partial charge in [0.2, 0.25) is 0 Å². The monoisotopic (exact) mass is 266 g/mol. The van der Waals surface area contributed by atoms with Crippen molar-refractivity contribution in [3.63, 3.8) is 0 Å². The van der Waals surface area contributed by atoms with E-state index in [0.29, 0.717) is 6.79 Å². The van der Waals surface area contributed by atoms with Gasteiger partial charge >= 0.3 is 93.0 Å². The first-order chi connectivity index (χ1) is 7.04. The molecule has 1 aromatic rings. The average Bonchev–Trinajstić information content (AvgIpc) is 2.60. The van der Waals surface area contributed by atoms with Crippen LogP contribution in [0.4, 0.5) is 0 Å². The molecule has 0 radical (unpaired) electrons. The second-order valence-corrected chi connectivity index (χ2v) is 15.4. The number of hydrogen-bond donors (Lipinski definition) is 0. The quantitative estimate of drug-likeness (QED) is 0.763. The molecule has 0 unspecified atom stereocenters. The summed E-state index contributed by atoms with van der Waals surface area (Å²) in [6, 6.07) is 6.07. The van der Waals surface area contributed by atoms with Crippen molar-refractivity contribution in [2.45, 2.75) is 17.3 Å². The van der Waals surface area contributed by atoms with Gasteiger partial charge in [-0.1, -0.05) is 0 Å². The average molecular weight is 265 g/mol. The van der Waals surface area contributed by atoms with Crippen LogP contribution in [0.3, 0.4) is 0 Å². The third-order valence-electron chi connectivity index (χ3n) is 2.17. The minimum atomic E-state index is -1.58. The SMILES string of the molecule is [CH3][Ge]([CH3])([CH3])/[CH]=C/c1ccc2c(c1)OCO2. The topological polar surface area (TPSA) is 18.5 Å². The summed E-state index contributed by atoms with van der Waals surface area (Å²) >= 11 is -1.58. The molecule has 2 rings (SSSR count). The van der Waals surface area contributed by atoms with Crippen molar-refractivity contribution in [3.05, 3.63) is 28.7 Å². The summed E-state index contributed by atoms with van der Waals surface area (Å²) in [5, 5.41) is 0. The molecule has 3 heteroatoms. The third kappa shape index (κ3) is 2.78. The molecule has 0 saturated carbocycles. The molecule has 0 fully saturated rings. The second-order valence-electron chi connectivity index (χ2n) is 4.81. The van der Waals surface area contributed by atoms with E-state index in [9.17, 15) is 0 Å². The van der Waals surface area contributed by atoms with Gasteiger partial charge in [-0.3, -0.25) is 0 Å². The van der Waals surface area contributed by atoms with Gasteiger partial charge in [-0.05, 0) is 0 Å². The molecule has 1 heterocycles. The zero-order valence-corrected chi connectivity index (χ0v) is 11.5. The first-order valence-electron chi connectivity index (χ1n) is 5.13. The molecule has 0 saturated heterocycles. The molecule has 1 aliphatic heterocycles. The molecule has 0 aromatic heterocycles.